The summed E-state index contributed by atoms with van der Waals surface area (Å²) in [7, 11) is 1.49. The van der Waals surface area contributed by atoms with E-state index in [0.29, 0.717) is 21.9 Å². The molecule has 2 aliphatic heterocycles. The number of fused-ring (bicyclic) bond motifs is 1. The number of rotatable bonds is 3. The third-order valence-electron chi connectivity index (χ3n) is 5.48. The highest BCUT2D eigenvalue weighted by molar-refractivity contribution is 8.03. The van der Waals surface area contributed by atoms with E-state index in [1.807, 2.05) is 0 Å². The summed E-state index contributed by atoms with van der Waals surface area (Å²) in [6.07, 6.45) is -4.60. The van der Waals surface area contributed by atoms with Gasteiger partial charge in [0, 0.05) is 17.9 Å². The van der Waals surface area contributed by atoms with Crippen molar-refractivity contribution in [3.05, 3.63) is 75.8 Å². The lowest BCUT2D eigenvalue weighted by Gasteiger charge is -2.38. The van der Waals surface area contributed by atoms with Crippen LogP contribution in [-0.4, -0.2) is 28.8 Å². The normalized spacial score (nSPS) is 23.5. The summed E-state index contributed by atoms with van der Waals surface area (Å²) >= 11 is 1.18. The van der Waals surface area contributed by atoms with Gasteiger partial charge in [0.15, 0.2) is 5.72 Å². The molecule has 0 spiro atoms. The molecule has 0 saturated carbocycles. The van der Waals surface area contributed by atoms with Gasteiger partial charge in [-0.25, -0.2) is 0 Å². The van der Waals surface area contributed by atoms with Crippen LogP contribution in [0.25, 0.3) is 0 Å². The zero-order valence-electron chi connectivity index (χ0n) is 16.3. The van der Waals surface area contributed by atoms with Crippen LogP contribution in [0.4, 0.5) is 13.2 Å². The first-order valence-corrected chi connectivity index (χ1v) is 10.3. The second-order valence-corrected chi connectivity index (χ2v) is 8.24. The quantitative estimate of drug-likeness (QED) is 0.759. The Morgan fingerprint density at radius 3 is 2.58 bits per heavy atom. The van der Waals surface area contributed by atoms with Crippen LogP contribution in [0.2, 0.25) is 0 Å². The van der Waals surface area contributed by atoms with Crippen molar-refractivity contribution in [1.82, 2.24) is 4.90 Å². The molecule has 2 aromatic rings. The maximum Gasteiger partial charge on any atom is 0.416 e. The summed E-state index contributed by atoms with van der Waals surface area (Å²) in [6.45, 7) is 0. The number of aliphatic hydroxyl groups is 1. The molecule has 0 aromatic heterocycles. The Morgan fingerprint density at radius 2 is 1.97 bits per heavy atom. The largest absolute Gasteiger partial charge is 0.497 e. The molecule has 5 nitrogen and oxygen atoms in total. The third-order valence-corrected chi connectivity index (χ3v) is 6.71. The van der Waals surface area contributed by atoms with Crippen LogP contribution >= 0.6 is 11.8 Å². The van der Waals surface area contributed by atoms with Crippen molar-refractivity contribution >= 4 is 17.7 Å². The molecule has 2 atom stereocenters. The van der Waals surface area contributed by atoms with E-state index in [2.05, 4.69) is 6.07 Å². The Balaban J connectivity index is 1.75. The highest BCUT2D eigenvalue weighted by Crippen LogP contribution is 2.52. The summed E-state index contributed by atoms with van der Waals surface area (Å²) in [5.74, 6) is -0.451. The molecule has 0 unspecified atom stereocenters. The fraction of sp³-hybridized carbons (Fsp3) is 0.273. The predicted molar refractivity (Wildman–Crippen MR) is 108 cm³/mol. The highest BCUT2D eigenvalue weighted by atomic mass is 32.2. The van der Waals surface area contributed by atoms with E-state index in [9.17, 15) is 28.3 Å². The fourth-order valence-corrected chi connectivity index (χ4v) is 5.26. The lowest BCUT2D eigenvalue weighted by Crippen LogP contribution is -2.48. The van der Waals surface area contributed by atoms with E-state index < -0.39 is 29.3 Å². The maximum atomic E-state index is 13.1. The second kappa shape index (κ2) is 7.62. The summed E-state index contributed by atoms with van der Waals surface area (Å²) in [5, 5.41) is 21.6. The van der Waals surface area contributed by atoms with Crippen LogP contribution in [0, 0.1) is 11.3 Å². The molecule has 31 heavy (non-hydrogen) atoms. The Kier molecular flexibility index (Phi) is 5.23. The molecule has 1 amide bonds. The summed E-state index contributed by atoms with van der Waals surface area (Å²) in [6, 6.07) is 13.3. The minimum Gasteiger partial charge on any atom is -0.497 e. The minimum atomic E-state index is -4.47. The zero-order chi connectivity index (χ0) is 22.4. The number of alkyl halides is 3. The second-order valence-electron chi connectivity index (χ2n) is 7.27. The third kappa shape index (κ3) is 3.56. The lowest BCUT2D eigenvalue weighted by molar-refractivity contribution is -0.149. The summed E-state index contributed by atoms with van der Waals surface area (Å²) in [5.41, 5.74) is -1.30. The topological polar surface area (TPSA) is 73.6 Å². The van der Waals surface area contributed by atoms with Crippen LogP contribution in [-0.2, 0) is 16.7 Å². The van der Waals surface area contributed by atoms with Gasteiger partial charge >= 0.3 is 6.18 Å². The molecule has 1 fully saturated rings. The molecule has 0 radical (unpaired) electrons. The number of halogens is 3. The van der Waals surface area contributed by atoms with E-state index in [1.54, 1.807) is 24.3 Å². The van der Waals surface area contributed by atoms with Crippen molar-refractivity contribution in [2.24, 2.45) is 0 Å². The van der Waals surface area contributed by atoms with Crippen LogP contribution in [0.1, 0.15) is 29.0 Å². The van der Waals surface area contributed by atoms with Crippen LogP contribution < -0.4 is 4.74 Å². The number of benzene rings is 2. The van der Waals surface area contributed by atoms with Crippen molar-refractivity contribution < 1.29 is 27.8 Å². The van der Waals surface area contributed by atoms with Crippen molar-refractivity contribution in [2.75, 3.05) is 12.9 Å². The Morgan fingerprint density at radius 1 is 1.26 bits per heavy atom. The van der Waals surface area contributed by atoms with Crippen LogP contribution in [0.15, 0.2) is 59.1 Å². The number of nitriles is 1. The number of hydrogen-bond donors (Lipinski definition) is 1. The first kappa shape index (κ1) is 21.3. The number of carbonyl (C=O) groups is 1. The Hall–Kier alpha value is -2.96. The Bertz CT molecular complexity index is 1110. The van der Waals surface area contributed by atoms with E-state index >= 15 is 0 Å². The molecule has 2 aliphatic rings. The molecule has 2 aromatic carbocycles. The molecule has 0 aliphatic carbocycles. The molecule has 1 saturated heterocycles. The van der Waals surface area contributed by atoms with Crippen LogP contribution in [0.5, 0.6) is 5.75 Å². The van der Waals surface area contributed by atoms with Gasteiger partial charge in [-0.2, -0.15) is 18.4 Å². The van der Waals surface area contributed by atoms with Gasteiger partial charge in [-0.1, -0.05) is 24.3 Å². The number of amides is 1. The molecule has 0 bridgehead atoms. The van der Waals surface area contributed by atoms with Gasteiger partial charge in [0.2, 0.25) is 5.91 Å². The standard InChI is InChI=1S/C22H17F3N2O3S/c1-30-16-4-2-3-15(9-16)21(29)12-31-20-18(11-26)17(10-19(28)27(20)21)13-5-7-14(8-6-13)22(23,24)25/h2-9,17,29H,10,12H2,1H3/t17-,21-/m1/s1. The SMILES string of the molecule is COc1cccc([C@]2(O)CSC3=C(C#N)[C@@H](c4ccc(C(F)(F)F)cc4)CC(=O)N32)c1. The molecular weight excluding hydrogens is 429 g/mol. The van der Waals surface area contributed by atoms with Gasteiger partial charge in [0.05, 0.1) is 35.1 Å². The number of thioether (sulfide) groups is 1. The van der Waals surface area contributed by atoms with E-state index in [-0.39, 0.29) is 17.7 Å². The number of allylic oxidation sites excluding steroid dienone is 1. The average Bonchev–Trinajstić information content (AvgIpc) is 3.12. The van der Waals surface area contributed by atoms with E-state index in [4.69, 9.17) is 4.74 Å². The lowest BCUT2D eigenvalue weighted by atomic mass is 9.85. The van der Waals surface area contributed by atoms with Gasteiger partial charge in [-0.3, -0.25) is 9.69 Å². The highest BCUT2D eigenvalue weighted by Gasteiger charge is 2.52. The van der Waals surface area contributed by atoms with Gasteiger partial charge in [-0.15, -0.1) is 11.8 Å². The van der Waals surface area contributed by atoms with Crippen LogP contribution in [0.3, 0.4) is 0 Å². The van der Waals surface area contributed by atoms with Crippen molar-refractivity contribution in [3.63, 3.8) is 0 Å². The van der Waals surface area contributed by atoms with Crippen molar-refractivity contribution in [2.45, 2.75) is 24.2 Å². The molecular formula is C22H17F3N2O3S. The molecule has 9 heteroatoms. The number of hydrogen-bond acceptors (Lipinski definition) is 5. The Labute approximate surface area is 180 Å². The van der Waals surface area contributed by atoms with Crippen molar-refractivity contribution in [1.29, 1.82) is 5.26 Å². The number of methoxy groups -OCH3 is 1. The first-order chi connectivity index (χ1) is 14.7. The predicted octanol–water partition coefficient (Wildman–Crippen LogP) is 4.36. The minimum absolute atomic E-state index is 0.117. The van der Waals surface area contributed by atoms with Gasteiger partial charge in [0.25, 0.3) is 0 Å². The zero-order valence-corrected chi connectivity index (χ0v) is 17.1. The maximum absolute atomic E-state index is 13.1. The summed E-state index contributed by atoms with van der Waals surface area (Å²) in [4.78, 5) is 14.3. The van der Waals surface area contributed by atoms with Gasteiger partial charge in [-0.05, 0) is 29.8 Å². The average molecular weight is 446 g/mol. The van der Waals surface area contributed by atoms with E-state index in [0.717, 1.165) is 12.1 Å². The number of ether oxygens (including phenoxy) is 1. The van der Waals surface area contributed by atoms with E-state index in [1.165, 1.54) is 35.9 Å². The van der Waals surface area contributed by atoms with Crippen molar-refractivity contribution in [3.8, 4) is 11.8 Å². The van der Waals surface area contributed by atoms with Gasteiger partial charge in [0.1, 0.15) is 5.75 Å². The number of carbonyl (C=O) groups excluding carboxylic acids is 1. The molecule has 2 heterocycles. The summed E-state index contributed by atoms with van der Waals surface area (Å²) < 4.78 is 43.9. The molecule has 4 rings (SSSR count). The monoisotopic (exact) mass is 446 g/mol. The van der Waals surface area contributed by atoms with Gasteiger partial charge < -0.3 is 9.84 Å². The molecule has 1 N–H and O–H groups in total. The first-order valence-electron chi connectivity index (χ1n) is 9.33. The smallest absolute Gasteiger partial charge is 0.416 e. The number of nitrogens with zero attached hydrogens (tertiary/aromatic N) is 2. The fourth-order valence-electron chi connectivity index (χ4n) is 3.90. The molecule has 160 valence electrons.